The van der Waals surface area contributed by atoms with Crippen molar-refractivity contribution >= 4 is 17.7 Å². The third-order valence-corrected chi connectivity index (χ3v) is 3.14. The van der Waals surface area contributed by atoms with Gasteiger partial charge in [-0.25, -0.2) is 9.78 Å². The Kier molecular flexibility index (Phi) is 6.16. The van der Waals surface area contributed by atoms with E-state index >= 15 is 0 Å². The van der Waals surface area contributed by atoms with Gasteiger partial charge in [0.1, 0.15) is 17.3 Å². The van der Waals surface area contributed by atoms with Gasteiger partial charge in [-0.1, -0.05) is 0 Å². The molecular formula is C19H22N2O5. The molecule has 0 saturated carbocycles. The van der Waals surface area contributed by atoms with Gasteiger partial charge in [0, 0.05) is 17.8 Å². The van der Waals surface area contributed by atoms with E-state index in [1.807, 2.05) is 27.7 Å². The zero-order valence-electron chi connectivity index (χ0n) is 15.1. The lowest BCUT2D eigenvalue weighted by molar-refractivity contribution is 0.0696. The normalized spacial score (nSPS) is 10.7. The van der Waals surface area contributed by atoms with E-state index in [2.05, 4.69) is 10.3 Å². The third-order valence-electron chi connectivity index (χ3n) is 3.14. The van der Waals surface area contributed by atoms with Gasteiger partial charge in [-0.2, -0.15) is 0 Å². The first kappa shape index (κ1) is 19.2. The fraction of sp³-hybridized carbons (Fsp3) is 0.316. The number of carboxylic acids is 1. The first-order chi connectivity index (χ1) is 12.2. The molecule has 0 radical (unpaired) electrons. The number of ether oxygens (including phenoxy) is 2. The van der Waals surface area contributed by atoms with Crippen LogP contribution in [0.25, 0.3) is 0 Å². The van der Waals surface area contributed by atoms with Gasteiger partial charge in [-0.05, 0) is 52.0 Å². The van der Waals surface area contributed by atoms with Gasteiger partial charge < -0.3 is 19.9 Å². The maximum Gasteiger partial charge on any atom is 0.337 e. The maximum atomic E-state index is 12.5. The monoisotopic (exact) mass is 358 g/mol. The molecule has 2 rings (SSSR count). The number of hydrogen-bond acceptors (Lipinski definition) is 5. The summed E-state index contributed by atoms with van der Waals surface area (Å²) in [4.78, 5) is 27.3. The summed E-state index contributed by atoms with van der Waals surface area (Å²) in [6.45, 7) is 7.57. The molecule has 0 spiro atoms. The number of carbonyl (C=O) groups is 2. The van der Waals surface area contributed by atoms with Gasteiger partial charge >= 0.3 is 5.97 Å². The average Bonchev–Trinajstić information content (AvgIpc) is 2.53. The van der Waals surface area contributed by atoms with E-state index in [4.69, 9.17) is 14.6 Å². The number of benzene rings is 1. The molecule has 0 atom stereocenters. The quantitative estimate of drug-likeness (QED) is 0.785. The topological polar surface area (TPSA) is 97.8 Å². The smallest absolute Gasteiger partial charge is 0.337 e. The van der Waals surface area contributed by atoms with Crippen LogP contribution in [0.1, 0.15) is 48.4 Å². The van der Waals surface area contributed by atoms with Crippen LogP contribution in [0.5, 0.6) is 11.5 Å². The lowest BCUT2D eigenvalue weighted by atomic mass is 10.1. The molecule has 7 nitrogen and oxygen atoms in total. The zero-order chi connectivity index (χ0) is 19.3. The van der Waals surface area contributed by atoms with Crippen LogP contribution < -0.4 is 14.8 Å². The largest absolute Gasteiger partial charge is 0.491 e. The first-order valence-corrected chi connectivity index (χ1v) is 8.23. The van der Waals surface area contributed by atoms with Crippen LogP contribution in [0, 0.1) is 0 Å². The number of pyridine rings is 1. The van der Waals surface area contributed by atoms with E-state index in [1.165, 1.54) is 18.3 Å². The Morgan fingerprint density at radius 3 is 1.96 bits per heavy atom. The van der Waals surface area contributed by atoms with E-state index in [9.17, 15) is 9.59 Å². The van der Waals surface area contributed by atoms with Crippen molar-refractivity contribution in [1.29, 1.82) is 0 Å². The highest BCUT2D eigenvalue weighted by Crippen LogP contribution is 2.25. The summed E-state index contributed by atoms with van der Waals surface area (Å²) in [5.74, 6) is -0.177. The minimum Gasteiger partial charge on any atom is -0.491 e. The predicted molar refractivity (Wildman–Crippen MR) is 97.1 cm³/mol. The van der Waals surface area contributed by atoms with Crippen LogP contribution >= 0.6 is 0 Å². The molecule has 7 heteroatoms. The van der Waals surface area contributed by atoms with Crippen LogP contribution in [0.2, 0.25) is 0 Å². The number of aromatic nitrogens is 1. The molecule has 26 heavy (non-hydrogen) atoms. The summed E-state index contributed by atoms with van der Waals surface area (Å²) < 4.78 is 11.4. The Morgan fingerprint density at radius 1 is 0.962 bits per heavy atom. The lowest BCUT2D eigenvalue weighted by Gasteiger charge is -2.15. The molecule has 0 saturated heterocycles. The molecule has 0 aliphatic heterocycles. The van der Waals surface area contributed by atoms with Crippen molar-refractivity contribution in [3.8, 4) is 11.5 Å². The molecule has 0 aliphatic carbocycles. The molecule has 138 valence electrons. The molecule has 2 aromatic rings. The number of hydrogen-bond donors (Lipinski definition) is 2. The van der Waals surface area contributed by atoms with Crippen molar-refractivity contribution in [2.75, 3.05) is 5.32 Å². The van der Waals surface area contributed by atoms with Crippen molar-refractivity contribution in [1.82, 2.24) is 4.98 Å². The number of rotatable bonds is 7. The highest BCUT2D eigenvalue weighted by atomic mass is 16.5. The second kappa shape index (κ2) is 8.33. The van der Waals surface area contributed by atoms with Gasteiger partial charge in [0.2, 0.25) is 0 Å². The van der Waals surface area contributed by atoms with E-state index < -0.39 is 11.9 Å². The van der Waals surface area contributed by atoms with Crippen LogP contribution in [0.3, 0.4) is 0 Å². The molecule has 0 bridgehead atoms. The van der Waals surface area contributed by atoms with Gasteiger partial charge in [0.15, 0.2) is 0 Å². The Morgan fingerprint density at radius 2 is 1.54 bits per heavy atom. The van der Waals surface area contributed by atoms with E-state index in [-0.39, 0.29) is 23.6 Å². The fourth-order valence-corrected chi connectivity index (χ4v) is 2.17. The van der Waals surface area contributed by atoms with Gasteiger partial charge in [-0.15, -0.1) is 0 Å². The number of aromatic carboxylic acids is 1. The minimum atomic E-state index is -1.08. The molecule has 1 heterocycles. The Hall–Kier alpha value is -3.09. The van der Waals surface area contributed by atoms with Crippen LogP contribution in [-0.2, 0) is 0 Å². The van der Waals surface area contributed by atoms with Crippen LogP contribution in [-0.4, -0.2) is 34.2 Å². The van der Waals surface area contributed by atoms with Crippen molar-refractivity contribution < 1.29 is 24.2 Å². The molecule has 0 fully saturated rings. The SMILES string of the molecule is CC(C)Oc1cc(OC(C)C)cc(C(=O)Nc2ccc(C(=O)O)cn2)c1. The Balaban J connectivity index is 2.23. The van der Waals surface area contributed by atoms with Crippen LogP contribution in [0.15, 0.2) is 36.5 Å². The number of carboxylic acid groups (broad SMARTS) is 1. The Bertz CT molecular complexity index is 757. The maximum absolute atomic E-state index is 12.5. The fourth-order valence-electron chi connectivity index (χ4n) is 2.17. The summed E-state index contributed by atoms with van der Waals surface area (Å²) in [6, 6.07) is 7.77. The zero-order valence-corrected chi connectivity index (χ0v) is 15.1. The van der Waals surface area contributed by atoms with Crippen LogP contribution in [0.4, 0.5) is 5.82 Å². The summed E-state index contributed by atoms with van der Waals surface area (Å²) in [7, 11) is 0. The van der Waals surface area contributed by atoms with Crippen molar-refractivity contribution in [3.05, 3.63) is 47.7 Å². The molecule has 1 amide bonds. The Labute approximate surface area is 152 Å². The second-order valence-corrected chi connectivity index (χ2v) is 6.22. The summed E-state index contributed by atoms with van der Waals surface area (Å²) in [6.07, 6.45) is 1.08. The van der Waals surface area contributed by atoms with Gasteiger partial charge in [0.25, 0.3) is 5.91 Å². The average molecular weight is 358 g/mol. The number of anilines is 1. The number of amides is 1. The molecule has 1 aromatic carbocycles. The van der Waals surface area contributed by atoms with Crippen molar-refractivity contribution in [2.24, 2.45) is 0 Å². The van der Waals surface area contributed by atoms with E-state index in [0.29, 0.717) is 17.1 Å². The second-order valence-electron chi connectivity index (χ2n) is 6.22. The summed E-state index contributed by atoms with van der Waals surface area (Å²) in [5.41, 5.74) is 0.394. The molecule has 0 aliphatic rings. The minimum absolute atomic E-state index is 0.0444. The molecule has 2 N–H and O–H groups in total. The lowest BCUT2D eigenvalue weighted by Crippen LogP contribution is -2.15. The van der Waals surface area contributed by atoms with Gasteiger partial charge in [0.05, 0.1) is 17.8 Å². The van der Waals surface area contributed by atoms with Gasteiger partial charge in [-0.3, -0.25) is 4.79 Å². The van der Waals surface area contributed by atoms with Crippen molar-refractivity contribution in [3.63, 3.8) is 0 Å². The standard InChI is InChI=1S/C19H22N2O5/c1-11(2)25-15-7-14(8-16(9-15)26-12(3)4)18(22)21-17-6-5-13(10-20-17)19(23)24/h5-12H,1-4H3,(H,23,24)(H,20,21,22). The number of nitrogens with zero attached hydrogens (tertiary/aromatic N) is 1. The van der Waals surface area contributed by atoms with Crippen molar-refractivity contribution in [2.45, 2.75) is 39.9 Å². The molecular weight excluding hydrogens is 336 g/mol. The summed E-state index contributed by atoms with van der Waals surface area (Å²) in [5, 5.41) is 11.5. The van der Waals surface area contributed by atoms with E-state index in [0.717, 1.165) is 0 Å². The van der Waals surface area contributed by atoms with E-state index in [1.54, 1.807) is 18.2 Å². The molecule has 0 unspecified atom stereocenters. The molecule has 1 aromatic heterocycles. The predicted octanol–water partition coefficient (Wildman–Crippen LogP) is 3.61. The highest BCUT2D eigenvalue weighted by Gasteiger charge is 2.13. The number of carbonyl (C=O) groups excluding carboxylic acids is 1. The summed E-state index contributed by atoms with van der Waals surface area (Å²) >= 11 is 0. The first-order valence-electron chi connectivity index (χ1n) is 8.23. The number of nitrogens with one attached hydrogen (secondary N) is 1. The highest BCUT2D eigenvalue weighted by molar-refractivity contribution is 6.04. The third kappa shape index (κ3) is 5.47.